The van der Waals surface area contributed by atoms with Crippen LogP contribution in [-0.2, 0) is 4.74 Å². The molecule has 0 atom stereocenters. The van der Waals surface area contributed by atoms with E-state index < -0.39 is 11.9 Å². The monoisotopic (exact) mass is 237 g/mol. The van der Waals surface area contributed by atoms with Crippen LogP contribution in [0.1, 0.15) is 20.7 Å². The fraction of sp³-hybridized carbons (Fsp3) is 0. The van der Waals surface area contributed by atoms with E-state index in [1.165, 1.54) is 0 Å². The van der Waals surface area contributed by atoms with Gasteiger partial charge < -0.3 is 9.72 Å². The maximum Gasteiger partial charge on any atom is 0.346 e. The number of benzene rings is 2. The van der Waals surface area contributed by atoms with Crippen LogP contribution >= 0.6 is 0 Å². The van der Waals surface area contributed by atoms with E-state index >= 15 is 0 Å². The summed E-state index contributed by atoms with van der Waals surface area (Å²) >= 11 is 0. The summed E-state index contributed by atoms with van der Waals surface area (Å²) in [6.45, 7) is 0. The van der Waals surface area contributed by atoms with Gasteiger partial charge in [-0.3, -0.25) is 0 Å². The predicted octanol–water partition coefficient (Wildman–Crippen LogP) is 2.63. The number of hydrogen-bond acceptors (Lipinski definition) is 3. The number of hydrogen-bond donors (Lipinski definition) is 1. The molecule has 4 heteroatoms. The Hall–Kier alpha value is -2.62. The number of aromatic nitrogens is 1. The zero-order valence-electron chi connectivity index (χ0n) is 9.19. The molecule has 1 aliphatic heterocycles. The average Bonchev–Trinajstić information content (AvgIpc) is 2.86. The third-order valence-corrected chi connectivity index (χ3v) is 3.27. The molecule has 18 heavy (non-hydrogen) atoms. The molecular formula is C14H7NO3. The SMILES string of the molecule is O=C1OC(=O)c2cc3c(cc21)[nH]c1ccccc13. The summed E-state index contributed by atoms with van der Waals surface area (Å²) in [5.41, 5.74) is 2.50. The van der Waals surface area contributed by atoms with E-state index in [0.29, 0.717) is 11.1 Å². The highest BCUT2D eigenvalue weighted by atomic mass is 16.6. The van der Waals surface area contributed by atoms with Crippen LogP contribution in [0.4, 0.5) is 0 Å². The van der Waals surface area contributed by atoms with Crippen molar-refractivity contribution in [2.75, 3.05) is 0 Å². The summed E-state index contributed by atoms with van der Waals surface area (Å²) in [6, 6.07) is 11.2. The largest absolute Gasteiger partial charge is 0.386 e. The van der Waals surface area contributed by atoms with Crippen LogP contribution in [0.2, 0.25) is 0 Å². The molecule has 0 saturated carbocycles. The van der Waals surface area contributed by atoms with Crippen LogP contribution in [0.5, 0.6) is 0 Å². The number of nitrogens with one attached hydrogen (secondary N) is 1. The lowest BCUT2D eigenvalue weighted by molar-refractivity contribution is 0.0444. The van der Waals surface area contributed by atoms with Crippen molar-refractivity contribution in [3.8, 4) is 0 Å². The van der Waals surface area contributed by atoms with E-state index in [-0.39, 0.29) is 0 Å². The van der Waals surface area contributed by atoms with Gasteiger partial charge in [0, 0.05) is 21.8 Å². The fourth-order valence-corrected chi connectivity index (χ4v) is 2.43. The Balaban J connectivity index is 2.19. The lowest BCUT2D eigenvalue weighted by atomic mass is 10.1. The van der Waals surface area contributed by atoms with Gasteiger partial charge in [0.1, 0.15) is 0 Å². The Morgan fingerprint density at radius 1 is 0.833 bits per heavy atom. The molecule has 2 heterocycles. The van der Waals surface area contributed by atoms with Crippen molar-refractivity contribution in [2.45, 2.75) is 0 Å². The number of aromatic amines is 1. The molecule has 0 unspecified atom stereocenters. The number of esters is 2. The molecule has 1 aromatic heterocycles. The van der Waals surface area contributed by atoms with E-state index in [0.717, 1.165) is 21.8 Å². The van der Waals surface area contributed by atoms with Crippen molar-refractivity contribution in [1.82, 2.24) is 4.98 Å². The molecule has 0 bridgehead atoms. The first-order valence-electron chi connectivity index (χ1n) is 5.55. The highest BCUT2D eigenvalue weighted by Gasteiger charge is 2.30. The van der Waals surface area contributed by atoms with Gasteiger partial charge in [0.05, 0.1) is 11.1 Å². The number of ether oxygens (including phenoxy) is 1. The molecule has 3 aromatic rings. The van der Waals surface area contributed by atoms with Crippen LogP contribution < -0.4 is 0 Å². The van der Waals surface area contributed by atoms with Crippen LogP contribution in [-0.4, -0.2) is 16.9 Å². The maximum absolute atomic E-state index is 11.5. The highest BCUT2D eigenvalue weighted by molar-refractivity contribution is 6.19. The van der Waals surface area contributed by atoms with Gasteiger partial charge in [-0.15, -0.1) is 0 Å². The van der Waals surface area contributed by atoms with Crippen LogP contribution in [0.3, 0.4) is 0 Å². The molecule has 1 N–H and O–H groups in total. The van der Waals surface area contributed by atoms with Crippen molar-refractivity contribution in [1.29, 1.82) is 0 Å². The van der Waals surface area contributed by atoms with Crippen molar-refractivity contribution >= 4 is 33.7 Å². The zero-order valence-corrected chi connectivity index (χ0v) is 9.19. The number of H-pyrrole nitrogens is 1. The van der Waals surface area contributed by atoms with Crippen LogP contribution in [0.25, 0.3) is 21.8 Å². The molecule has 1 aliphatic rings. The van der Waals surface area contributed by atoms with Gasteiger partial charge in [0.2, 0.25) is 0 Å². The van der Waals surface area contributed by atoms with Crippen molar-refractivity contribution < 1.29 is 14.3 Å². The van der Waals surface area contributed by atoms with Gasteiger partial charge in [0.15, 0.2) is 0 Å². The molecule has 0 aliphatic carbocycles. The Labute approximate surface area is 101 Å². The number of carbonyl (C=O) groups excluding carboxylic acids is 2. The van der Waals surface area contributed by atoms with Crippen LogP contribution in [0.15, 0.2) is 36.4 Å². The number of para-hydroxylation sites is 1. The molecule has 2 aromatic carbocycles. The summed E-state index contributed by atoms with van der Waals surface area (Å²) in [6.07, 6.45) is 0. The second-order valence-corrected chi connectivity index (χ2v) is 4.29. The first-order valence-corrected chi connectivity index (χ1v) is 5.55. The third kappa shape index (κ3) is 1.04. The second-order valence-electron chi connectivity index (χ2n) is 4.29. The van der Waals surface area contributed by atoms with Crippen molar-refractivity contribution in [2.24, 2.45) is 0 Å². The average molecular weight is 237 g/mol. The zero-order chi connectivity index (χ0) is 12.3. The standard InChI is InChI=1S/C14H7NO3/c16-13-9-5-8-7-3-1-2-4-11(7)15-12(8)6-10(9)14(17)18-13/h1-6,15H. The molecule has 0 saturated heterocycles. The number of rotatable bonds is 0. The molecule has 0 amide bonds. The lowest BCUT2D eigenvalue weighted by Crippen LogP contribution is -1.96. The van der Waals surface area contributed by atoms with Crippen LogP contribution in [0, 0.1) is 0 Å². The van der Waals surface area contributed by atoms with Gasteiger partial charge in [0.25, 0.3) is 0 Å². The Morgan fingerprint density at radius 3 is 2.39 bits per heavy atom. The summed E-state index contributed by atoms with van der Waals surface area (Å²) in [5, 5.41) is 1.96. The van der Waals surface area contributed by atoms with E-state index in [4.69, 9.17) is 0 Å². The lowest BCUT2D eigenvalue weighted by Gasteiger charge is -1.94. The number of cyclic esters (lactones) is 2. The minimum absolute atomic E-state index is 0.332. The minimum Gasteiger partial charge on any atom is -0.386 e. The van der Waals surface area contributed by atoms with E-state index in [2.05, 4.69) is 9.72 Å². The quantitative estimate of drug-likeness (QED) is 0.483. The molecule has 0 fully saturated rings. The van der Waals surface area contributed by atoms with E-state index in [1.807, 2.05) is 24.3 Å². The topological polar surface area (TPSA) is 59.2 Å². The Kier molecular flexibility index (Phi) is 1.56. The molecule has 0 radical (unpaired) electrons. The van der Waals surface area contributed by atoms with Gasteiger partial charge in [-0.25, -0.2) is 9.59 Å². The summed E-state index contributed by atoms with van der Waals surface area (Å²) in [4.78, 5) is 26.2. The highest BCUT2D eigenvalue weighted by Crippen LogP contribution is 2.30. The molecular weight excluding hydrogens is 230 g/mol. The number of fused-ring (bicyclic) bond motifs is 4. The van der Waals surface area contributed by atoms with Gasteiger partial charge in [-0.05, 0) is 18.2 Å². The van der Waals surface area contributed by atoms with Crippen molar-refractivity contribution in [3.63, 3.8) is 0 Å². The maximum atomic E-state index is 11.5. The van der Waals surface area contributed by atoms with Gasteiger partial charge in [-0.1, -0.05) is 18.2 Å². The molecule has 86 valence electrons. The van der Waals surface area contributed by atoms with Gasteiger partial charge >= 0.3 is 11.9 Å². The summed E-state index contributed by atoms with van der Waals surface area (Å²) in [7, 11) is 0. The predicted molar refractivity (Wildman–Crippen MR) is 65.6 cm³/mol. The van der Waals surface area contributed by atoms with E-state index in [9.17, 15) is 9.59 Å². The molecule has 4 rings (SSSR count). The third-order valence-electron chi connectivity index (χ3n) is 3.27. The van der Waals surface area contributed by atoms with Crippen molar-refractivity contribution in [3.05, 3.63) is 47.5 Å². The first-order chi connectivity index (χ1) is 8.74. The second kappa shape index (κ2) is 2.98. The normalized spacial score (nSPS) is 14.2. The van der Waals surface area contributed by atoms with E-state index in [1.54, 1.807) is 12.1 Å². The van der Waals surface area contributed by atoms with Gasteiger partial charge in [-0.2, -0.15) is 0 Å². The minimum atomic E-state index is -0.574. The fourth-order valence-electron chi connectivity index (χ4n) is 2.43. The summed E-state index contributed by atoms with van der Waals surface area (Å²) < 4.78 is 4.59. The first kappa shape index (κ1) is 9.41. The summed E-state index contributed by atoms with van der Waals surface area (Å²) in [5.74, 6) is -1.14. The Morgan fingerprint density at radius 2 is 1.56 bits per heavy atom. The molecule has 0 spiro atoms. The smallest absolute Gasteiger partial charge is 0.346 e. The number of carbonyl (C=O) groups is 2. The molecule has 4 nitrogen and oxygen atoms in total. The Bertz CT molecular complexity index is 845.